The highest BCUT2D eigenvalue weighted by Crippen LogP contribution is 2.27. The summed E-state index contributed by atoms with van der Waals surface area (Å²) in [6.45, 7) is 0.943. The van der Waals surface area contributed by atoms with Crippen LogP contribution in [-0.4, -0.2) is 45.5 Å². The quantitative estimate of drug-likeness (QED) is 0.768. The predicted octanol–water partition coefficient (Wildman–Crippen LogP) is 2.63. The Morgan fingerprint density at radius 3 is 2.62 bits per heavy atom. The van der Waals surface area contributed by atoms with Crippen LogP contribution in [0.5, 0.6) is 5.75 Å². The molecule has 1 fully saturated rings. The van der Waals surface area contributed by atoms with Gasteiger partial charge in [-0.1, -0.05) is 0 Å². The van der Waals surface area contributed by atoms with Gasteiger partial charge in [0.05, 0.1) is 22.7 Å². The van der Waals surface area contributed by atoms with E-state index in [1.807, 2.05) is 0 Å². The summed E-state index contributed by atoms with van der Waals surface area (Å²) in [6, 6.07) is 7.68. The number of likely N-dealkylation sites (tertiary alicyclic amines) is 1. The number of amides is 1. The lowest BCUT2D eigenvalue weighted by Crippen LogP contribution is -2.46. The zero-order chi connectivity index (χ0) is 18.7. The highest BCUT2D eigenvalue weighted by Gasteiger charge is 2.28. The zero-order valence-electron chi connectivity index (χ0n) is 14.1. The van der Waals surface area contributed by atoms with E-state index in [1.54, 1.807) is 23.1 Å². The Kier molecular flexibility index (Phi) is 5.69. The molecule has 0 atom stereocenters. The molecule has 1 aromatic heterocycles. The summed E-state index contributed by atoms with van der Waals surface area (Å²) in [5, 5.41) is 0. The van der Waals surface area contributed by atoms with E-state index in [0.717, 1.165) is 0 Å². The molecule has 0 saturated carbocycles. The number of benzene rings is 1. The SMILES string of the molecule is COc1ccc(S(=O)(=O)NC2CCN(C(=O)c3ccco3)CC2)cc1Br. The monoisotopic (exact) mass is 442 g/mol. The van der Waals surface area contributed by atoms with Crippen molar-refractivity contribution in [2.75, 3.05) is 20.2 Å². The lowest BCUT2D eigenvalue weighted by Gasteiger charge is -2.31. The fourth-order valence-corrected chi connectivity index (χ4v) is 4.88. The van der Waals surface area contributed by atoms with Gasteiger partial charge in [-0.15, -0.1) is 0 Å². The van der Waals surface area contributed by atoms with Crippen LogP contribution in [0.1, 0.15) is 23.4 Å². The van der Waals surface area contributed by atoms with Crippen LogP contribution in [0.4, 0.5) is 0 Å². The second-order valence-corrected chi connectivity index (χ2v) is 8.53. The third kappa shape index (κ3) is 4.11. The fourth-order valence-electron chi connectivity index (χ4n) is 2.86. The molecule has 0 unspecified atom stereocenters. The average molecular weight is 443 g/mol. The van der Waals surface area contributed by atoms with Crippen LogP contribution < -0.4 is 9.46 Å². The standard InChI is InChI=1S/C17H19BrN2O5S/c1-24-15-5-4-13(11-14(15)18)26(22,23)19-12-6-8-20(9-7-12)17(21)16-3-2-10-25-16/h2-5,10-12,19H,6-9H2,1H3. The van der Waals surface area contributed by atoms with Crippen LogP contribution in [0.15, 0.2) is 50.4 Å². The van der Waals surface area contributed by atoms with Crippen LogP contribution in [0, 0.1) is 0 Å². The summed E-state index contributed by atoms with van der Waals surface area (Å²) in [5.74, 6) is 0.691. The third-order valence-electron chi connectivity index (χ3n) is 4.27. The Bertz CT molecular complexity index is 875. The summed E-state index contributed by atoms with van der Waals surface area (Å²) in [5.41, 5.74) is 0. The molecule has 9 heteroatoms. The number of carbonyl (C=O) groups excluding carboxylic acids is 1. The molecule has 3 rings (SSSR count). The van der Waals surface area contributed by atoms with Crippen molar-refractivity contribution >= 4 is 31.9 Å². The van der Waals surface area contributed by atoms with E-state index in [4.69, 9.17) is 9.15 Å². The van der Waals surface area contributed by atoms with Gasteiger partial charge in [-0.05, 0) is 59.1 Å². The second-order valence-electron chi connectivity index (χ2n) is 5.96. The van der Waals surface area contributed by atoms with E-state index >= 15 is 0 Å². The van der Waals surface area contributed by atoms with Gasteiger partial charge in [0.1, 0.15) is 5.75 Å². The number of carbonyl (C=O) groups is 1. The normalized spacial score (nSPS) is 15.8. The summed E-state index contributed by atoms with van der Waals surface area (Å²) < 4.78 is 38.7. The summed E-state index contributed by atoms with van der Waals surface area (Å²) in [6.07, 6.45) is 2.55. The fraction of sp³-hybridized carbons (Fsp3) is 0.353. The topological polar surface area (TPSA) is 88.9 Å². The molecular formula is C17H19BrN2O5S. The number of piperidine rings is 1. The molecule has 26 heavy (non-hydrogen) atoms. The Morgan fingerprint density at radius 1 is 1.31 bits per heavy atom. The molecule has 1 aliphatic rings. The molecule has 1 N–H and O–H groups in total. The number of sulfonamides is 1. The van der Waals surface area contributed by atoms with Crippen LogP contribution in [-0.2, 0) is 10.0 Å². The van der Waals surface area contributed by atoms with E-state index in [1.165, 1.54) is 25.5 Å². The van der Waals surface area contributed by atoms with E-state index < -0.39 is 10.0 Å². The molecule has 1 amide bonds. The van der Waals surface area contributed by atoms with Crippen molar-refractivity contribution in [1.29, 1.82) is 0 Å². The van der Waals surface area contributed by atoms with Gasteiger partial charge in [-0.2, -0.15) is 0 Å². The van der Waals surface area contributed by atoms with Gasteiger partial charge in [0, 0.05) is 19.1 Å². The molecule has 0 aliphatic carbocycles. The molecule has 7 nitrogen and oxygen atoms in total. The van der Waals surface area contributed by atoms with E-state index in [0.29, 0.717) is 41.9 Å². The highest BCUT2D eigenvalue weighted by molar-refractivity contribution is 9.10. The average Bonchev–Trinajstić information content (AvgIpc) is 3.16. The summed E-state index contributed by atoms with van der Waals surface area (Å²) in [4.78, 5) is 14.1. The Morgan fingerprint density at radius 2 is 2.04 bits per heavy atom. The van der Waals surface area contributed by atoms with Gasteiger partial charge in [-0.25, -0.2) is 13.1 Å². The van der Waals surface area contributed by atoms with Gasteiger partial charge in [0.2, 0.25) is 10.0 Å². The Balaban J connectivity index is 1.61. The maximum atomic E-state index is 12.6. The van der Waals surface area contributed by atoms with Crippen molar-refractivity contribution < 1.29 is 22.4 Å². The number of ether oxygens (including phenoxy) is 1. The van der Waals surface area contributed by atoms with Gasteiger partial charge >= 0.3 is 0 Å². The lowest BCUT2D eigenvalue weighted by atomic mass is 10.1. The molecule has 0 radical (unpaired) electrons. The molecule has 0 bridgehead atoms. The summed E-state index contributed by atoms with van der Waals surface area (Å²) >= 11 is 3.30. The lowest BCUT2D eigenvalue weighted by molar-refractivity contribution is 0.0679. The number of halogens is 1. The molecule has 2 heterocycles. The third-order valence-corrected chi connectivity index (χ3v) is 6.41. The zero-order valence-corrected chi connectivity index (χ0v) is 16.5. The van der Waals surface area contributed by atoms with Crippen molar-refractivity contribution in [2.45, 2.75) is 23.8 Å². The Hall–Kier alpha value is -1.84. The minimum atomic E-state index is -3.65. The minimum absolute atomic E-state index is 0.166. The van der Waals surface area contributed by atoms with Crippen LogP contribution in [0.25, 0.3) is 0 Å². The number of methoxy groups -OCH3 is 1. The van der Waals surface area contributed by atoms with Gasteiger partial charge in [0.25, 0.3) is 5.91 Å². The molecular weight excluding hydrogens is 424 g/mol. The number of furan rings is 1. The van der Waals surface area contributed by atoms with Crippen LogP contribution >= 0.6 is 15.9 Å². The molecule has 1 aliphatic heterocycles. The van der Waals surface area contributed by atoms with Crippen molar-refractivity contribution in [3.63, 3.8) is 0 Å². The molecule has 2 aromatic rings. The van der Waals surface area contributed by atoms with E-state index in [2.05, 4.69) is 20.7 Å². The van der Waals surface area contributed by atoms with Crippen molar-refractivity contribution in [2.24, 2.45) is 0 Å². The first-order valence-corrected chi connectivity index (χ1v) is 10.4. The molecule has 1 saturated heterocycles. The second kappa shape index (κ2) is 7.81. The maximum absolute atomic E-state index is 12.6. The van der Waals surface area contributed by atoms with Gasteiger partial charge < -0.3 is 14.1 Å². The Labute approximate surface area is 160 Å². The number of rotatable bonds is 5. The van der Waals surface area contributed by atoms with E-state index in [-0.39, 0.29) is 16.8 Å². The van der Waals surface area contributed by atoms with Crippen molar-refractivity contribution in [1.82, 2.24) is 9.62 Å². The molecule has 1 aromatic carbocycles. The number of hydrogen-bond acceptors (Lipinski definition) is 5. The number of hydrogen-bond donors (Lipinski definition) is 1. The minimum Gasteiger partial charge on any atom is -0.496 e. The molecule has 0 spiro atoms. The maximum Gasteiger partial charge on any atom is 0.289 e. The van der Waals surface area contributed by atoms with Crippen LogP contribution in [0.3, 0.4) is 0 Å². The van der Waals surface area contributed by atoms with Crippen molar-refractivity contribution in [3.05, 3.63) is 46.8 Å². The first-order valence-electron chi connectivity index (χ1n) is 8.09. The first kappa shape index (κ1) is 18.9. The number of nitrogens with one attached hydrogen (secondary N) is 1. The van der Waals surface area contributed by atoms with Crippen LogP contribution in [0.2, 0.25) is 0 Å². The first-order chi connectivity index (χ1) is 12.4. The molecule has 140 valence electrons. The largest absolute Gasteiger partial charge is 0.496 e. The van der Waals surface area contributed by atoms with E-state index in [9.17, 15) is 13.2 Å². The van der Waals surface area contributed by atoms with Gasteiger partial charge in [0.15, 0.2) is 5.76 Å². The number of nitrogens with zero attached hydrogens (tertiary/aromatic N) is 1. The van der Waals surface area contributed by atoms with Gasteiger partial charge in [-0.3, -0.25) is 4.79 Å². The van der Waals surface area contributed by atoms with Crippen molar-refractivity contribution in [3.8, 4) is 5.75 Å². The smallest absolute Gasteiger partial charge is 0.289 e. The predicted molar refractivity (Wildman–Crippen MR) is 98.6 cm³/mol. The highest BCUT2D eigenvalue weighted by atomic mass is 79.9. The summed E-state index contributed by atoms with van der Waals surface area (Å²) in [7, 11) is -2.13.